The fourth-order valence-electron chi connectivity index (χ4n) is 3.47. The van der Waals surface area contributed by atoms with Gasteiger partial charge in [-0.15, -0.1) is 0 Å². The molecule has 116 valence electrons. The molecule has 2 atom stereocenters. The molecule has 2 aliphatic rings. The molecular formula is C16H22O5. The van der Waals surface area contributed by atoms with Gasteiger partial charge in [0.15, 0.2) is 5.41 Å². The molecule has 0 aromatic carbocycles. The van der Waals surface area contributed by atoms with Gasteiger partial charge in [-0.3, -0.25) is 9.59 Å². The summed E-state index contributed by atoms with van der Waals surface area (Å²) in [5, 5.41) is 9.33. The van der Waals surface area contributed by atoms with Crippen molar-refractivity contribution in [1.82, 2.24) is 0 Å². The van der Waals surface area contributed by atoms with Crippen molar-refractivity contribution in [3.63, 3.8) is 0 Å². The van der Waals surface area contributed by atoms with Crippen molar-refractivity contribution in [2.24, 2.45) is 17.3 Å². The molecule has 0 saturated heterocycles. The third-order valence-corrected chi connectivity index (χ3v) is 4.63. The van der Waals surface area contributed by atoms with E-state index in [4.69, 9.17) is 9.47 Å². The zero-order chi connectivity index (χ0) is 15.6. The molecule has 1 saturated carbocycles. The fourth-order valence-corrected chi connectivity index (χ4v) is 3.47. The Balaban J connectivity index is 2.39. The number of fused-ring (bicyclic) bond motifs is 1. The molecule has 2 rings (SSSR count). The van der Waals surface area contributed by atoms with Crippen LogP contribution >= 0.6 is 0 Å². The summed E-state index contributed by atoms with van der Waals surface area (Å²) in [7, 11) is 2.58. The Labute approximate surface area is 124 Å². The summed E-state index contributed by atoms with van der Waals surface area (Å²) >= 11 is 0. The second-order valence-corrected chi connectivity index (χ2v) is 5.89. The molecule has 0 aromatic heterocycles. The Hall–Kier alpha value is -1.62. The van der Waals surface area contributed by atoms with E-state index in [0.717, 1.165) is 17.6 Å². The zero-order valence-electron chi connectivity index (χ0n) is 12.7. The Morgan fingerprint density at radius 1 is 1.29 bits per heavy atom. The Morgan fingerprint density at radius 2 is 1.90 bits per heavy atom. The van der Waals surface area contributed by atoms with Gasteiger partial charge in [0, 0.05) is 12.5 Å². The van der Waals surface area contributed by atoms with Crippen molar-refractivity contribution >= 4 is 11.9 Å². The van der Waals surface area contributed by atoms with Crippen LogP contribution in [0.5, 0.6) is 0 Å². The highest BCUT2D eigenvalue weighted by Crippen LogP contribution is 2.50. The molecule has 5 heteroatoms. The largest absolute Gasteiger partial charge is 0.468 e. The molecule has 0 aromatic rings. The molecule has 0 radical (unpaired) electrons. The average molecular weight is 294 g/mol. The lowest BCUT2D eigenvalue weighted by molar-refractivity contribution is -0.168. The van der Waals surface area contributed by atoms with E-state index in [1.165, 1.54) is 14.2 Å². The number of aliphatic hydroxyl groups is 1. The van der Waals surface area contributed by atoms with Crippen LogP contribution in [0.25, 0.3) is 0 Å². The number of hydrogen-bond acceptors (Lipinski definition) is 5. The number of allylic oxidation sites excluding steroid dienone is 3. The van der Waals surface area contributed by atoms with Crippen molar-refractivity contribution in [2.45, 2.75) is 26.2 Å². The number of hydrogen-bond donors (Lipinski definition) is 1. The summed E-state index contributed by atoms with van der Waals surface area (Å²) in [6.45, 7) is 2.11. The van der Waals surface area contributed by atoms with E-state index in [9.17, 15) is 14.7 Å². The van der Waals surface area contributed by atoms with Gasteiger partial charge in [-0.25, -0.2) is 0 Å². The van der Waals surface area contributed by atoms with Gasteiger partial charge >= 0.3 is 11.9 Å². The minimum absolute atomic E-state index is 0.0275. The maximum atomic E-state index is 12.2. The van der Waals surface area contributed by atoms with Gasteiger partial charge in [0.05, 0.1) is 14.2 Å². The second-order valence-electron chi connectivity index (χ2n) is 5.89. The maximum Gasteiger partial charge on any atom is 0.323 e. The summed E-state index contributed by atoms with van der Waals surface area (Å²) in [5.41, 5.74) is 0.998. The number of aliphatic hydroxyl groups excluding tert-OH is 1. The number of carbonyl (C=O) groups is 2. The molecule has 1 fully saturated rings. The maximum absolute atomic E-state index is 12.2. The van der Waals surface area contributed by atoms with E-state index in [1.54, 1.807) is 0 Å². The summed E-state index contributed by atoms with van der Waals surface area (Å²) < 4.78 is 9.70. The van der Waals surface area contributed by atoms with E-state index in [-0.39, 0.29) is 18.4 Å². The molecular weight excluding hydrogens is 272 g/mol. The van der Waals surface area contributed by atoms with Crippen LogP contribution in [0.4, 0.5) is 0 Å². The topological polar surface area (TPSA) is 72.8 Å². The minimum Gasteiger partial charge on any atom is -0.468 e. The molecule has 21 heavy (non-hydrogen) atoms. The molecule has 0 amide bonds. The van der Waals surface area contributed by atoms with Gasteiger partial charge in [0.2, 0.25) is 0 Å². The normalized spacial score (nSPS) is 27.0. The Bertz CT molecular complexity index is 487. The van der Waals surface area contributed by atoms with Crippen molar-refractivity contribution in [3.05, 3.63) is 23.3 Å². The van der Waals surface area contributed by atoms with E-state index < -0.39 is 17.4 Å². The van der Waals surface area contributed by atoms with Crippen LogP contribution in [0, 0.1) is 17.3 Å². The first-order valence-corrected chi connectivity index (χ1v) is 7.13. The predicted octanol–water partition coefficient (Wildman–Crippen LogP) is 1.61. The molecule has 0 unspecified atom stereocenters. The molecule has 1 N–H and O–H groups in total. The standard InChI is InChI=1S/C16H22O5/c1-10-6-11(9-17)4-5-12-7-16(8-13(10)12,14(18)20-2)15(19)21-3/h4-5,11-12,17H,6-9H2,1-3H3/t11-,12+/m0/s1. The van der Waals surface area contributed by atoms with Crippen LogP contribution in [0.15, 0.2) is 23.3 Å². The predicted molar refractivity (Wildman–Crippen MR) is 76.2 cm³/mol. The highest BCUT2D eigenvalue weighted by Gasteiger charge is 2.55. The Morgan fingerprint density at radius 3 is 2.43 bits per heavy atom. The van der Waals surface area contributed by atoms with Gasteiger partial charge in [-0.05, 0) is 32.1 Å². The summed E-state index contributed by atoms with van der Waals surface area (Å²) in [6, 6.07) is 0. The van der Waals surface area contributed by atoms with E-state index in [2.05, 4.69) is 0 Å². The third kappa shape index (κ3) is 2.62. The molecule has 0 bridgehead atoms. The number of rotatable bonds is 3. The summed E-state index contributed by atoms with van der Waals surface area (Å²) in [5.74, 6) is -0.932. The van der Waals surface area contributed by atoms with Crippen molar-refractivity contribution in [3.8, 4) is 0 Å². The van der Waals surface area contributed by atoms with E-state index >= 15 is 0 Å². The number of methoxy groups -OCH3 is 2. The quantitative estimate of drug-likeness (QED) is 0.486. The van der Waals surface area contributed by atoms with Crippen molar-refractivity contribution in [2.75, 3.05) is 20.8 Å². The van der Waals surface area contributed by atoms with Crippen molar-refractivity contribution in [1.29, 1.82) is 0 Å². The van der Waals surface area contributed by atoms with Crippen LogP contribution in [-0.4, -0.2) is 37.9 Å². The van der Waals surface area contributed by atoms with Crippen molar-refractivity contribution < 1.29 is 24.2 Å². The van der Waals surface area contributed by atoms with Crippen LogP contribution in [0.1, 0.15) is 26.2 Å². The van der Waals surface area contributed by atoms with Crippen LogP contribution < -0.4 is 0 Å². The first kappa shape index (κ1) is 15.8. The lowest BCUT2D eigenvalue weighted by Crippen LogP contribution is -2.39. The van der Waals surface area contributed by atoms with Gasteiger partial charge in [0.1, 0.15) is 0 Å². The highest BCUT2D eigenvalue weighted by atomic mass is 16.5. The van der Waals surface area contributed by atoms with Gasteiger partial charge < -0.3 is 14.6 Å². The smallest absolute Gasteiger partial charge is 0.323 e. The molecule has 2 aliphatic carbocycles. The van der Waals surface area contributed by atoms with Crippen LogP contribution in [-0.2, 0) is 19.1 Å². The fraction of sp³-hybridized carbons (Fsp3) is 0.625. The average Bonchev–Trinajstić information content (AvgIpc) is 2.84. The first-order valence-electron chi connectivity index (χ1n) is 7.13. The van der Waals surface area contributed by atoms with Gasteiger partial charge in [-0.2, -0.15) is 0 Å². The summed E-state index contributed by atoms with van der Waals surface area (Å²) in [4.78, 5) is 24.4. The molecule has 0 spiro atoms. The lowest BCUT2D eigenvalue weighted by atomic mass is 9.84. The number of ether oxygens (including phenoxy) is 2. The highest BCUT2D eigenvalue weighted by molar-refractivity contribution is 6.01. The van der Waals surface area contributed by atoms with E-state index in [0.29, 0.717) is 12.8 Å². The molecule has 0 heterocycles. The SMILES string of the molecule is COC(=O)C1(C(=O)OC)CC2=C(C)C[C@@H](CO)C=C[C@@H]2C1. The third-order valence-electron chi connectivity index (χ3n) is 4.63. The van der Waals surface area contributed by atoms with Crippen LogP contribution in [0.3, 0.4) is 0 Å². The minimum atomic E-state index is -1.23. The van der Waals surface area contributed by atoms with Gasteiger partial charge in [0.25, 0.3) is 0 Å². The first-order chi connectivity index (χ1) is 9.98. The van der Waals surface area contributed by atoms with Gasteiger partial charge in [-0.1, -0.05) is 23.3 Å². The Kier molecular flexibility index (Phi) is 4.52. The molecule has 5 nitrogen and oxygen atoms in total. The number of esters is 2. The monoisotopic (exact) mass is 294 g/mol. The zero-order valence-corrected chi connectivity index (χ0v) is 12.7. The molecule has 0 aliphatic heterocycles. The van der Waals surface area contributed by atoms with Crippen LogP contribution in [0.2, 0.25) is 0 Å². The lowest BCUT2D eigenvalue weighted by Gasteiger charge is -2.22. The number of carbonyl (C=O) groups excluding carboxylic acids is 2. The summed E-state index contributed by atoms with van der Waals surface area (Å²) in [6.07, 6.45) is 5.43. The second kappa shape index (κ2) is 6.02. The van der Waals surface area contributed by atoms with E-state index in [1.807, 2.05) is 19.1 Å².